The molecule has 3 rings (SSSR count). The molecule has 20 heavy (non-hydrogen) atoms. The first-order valence-electron chi connectivity index (χ1n) is 5.77. The van der Waals surface area contributed by atoms with Crippen LogP contribution < -0.4 is 0 Å². The highest BCUT2D eigenvalue weighted by Gasteiger charge is 2.14. The molecule has 3 aromatic heterocycles. The van der Waals surface area contributed by atoms with Gasteiger partial charge in [0.15, 0.2) is 11.5 Å². The monoisotopic (exact) mass is 288 g/mol. The first kappa shape index (κ1) is 12.6. The molecular weight excluding hydrogens is 280 g/mol. The van der Waals surface area contributed by atoms with Crippen LogP contribution in [-0.4, -0.2) is 30.7 Å². The second-order valence-corrected chi connectivity index (χ2v) is 4.69. The van der Waals surface area contributed by atoms with Gasteiger partial charge in [-0.2, -0.15) is 0 Å². The Balaban J connectivity index is 2.26. The molecule has 0 unspecified atom stereocenters. The van der Waals surface area contributed by atoms with E-state index in [0.717, 1.165) is 11.3 Å². The molecule has 1 N–H and O–H groups in total. The van der Waals surface area contributed by atoms with E-state index in [1.807, 2.05) is 19.1 Å². The maximum atomic E-state index is 11.1. The molecule has 6 nitrogen and oxygen atoms in total. The molecule has 0 aliphatic carbocycles. The number of carboxylic acid groups (broad SMARTS) is 1. The summed E-state index contributed by atoms with van der Waals surface area (Å²) >= 11 is 6.03. The molecule has 100 valence electrons. The van der Waals surface area contributed by atoms with Crippen molar-refractivity contribution in [2.24, 2.45) is 0 Å². The number of hydrogen-bond donors (Lipinski definition) is 1. The van der Waals surface area contributed by atoms with Crippen molar-refractivity contribution in [1.29, 1.82) is 0 Å². The molecule has 0 bridgehead atoms. The predicted molar refractivity (Wildman–Crippen MR) is 72.9 cm³/mol. The molecule has 7 heteroatoms. The molecule has 0 fully saturated rings. The van der Waals surface area contributed by atoms with Crippen LogP contribution in [0.15, 0.2) is 30.6 Å². The van der Waals surface area contributed by atoms with Gasteiger partial charge in [-0.15, -0.1) is 10.2 Å². The van der Waals surface area contributed by atoms with E-state index < -0.39 is 5.97 Å². The van der Waals surface area contributed by atoms with Gasteiger partial charge in [-0.1, -0.05) is 11.6 Å². The van der Waals surface area contributed by atoms with Crippen LogP contribution in [0.2, 0.25) is 5.02 Å². The van der Waals surface area contributed by atoms with E-state index in [2.05, 4.69) is 15.2 Å². The summed E-state index contributed by atoms with van der Waals surface area (Å²) in [6.45, 7) is 1.88. The average Bonchev–Trinajstić information content (AvgIpc) is 2.84. The average molecular weight is 289 g/mol. The van der Waals surface area contributed by atoms with Gasteiger partial charge in [0.2, 0.25) is 0 Å². The maximum absolute atomic E-state index is 11.1. The normalized spacial score (nSPS) is 10.9. The molecule has 0 saturated carbocycles. The Bertz CT molecular complexity index is 811. The summed E-state index contributed by atoms with van der Waals surface area (Å²) in [4.78, 5) is 15.3. The van der Waals surface area contributed by atoms with E-state index in [1.54, 1.807) is 10.6 Å². The van der Waals surface area contributed by atoms with Crippen LogP contribution in [0.1, 0.15) is 16.1 Å². The number of aromatic carboxylic acids is 1. The highest BCUT2D eigenvalue weighted by Crippen LogP contribution is 2.23. The third kappa shape index (κ3) is 2.00. The third-order valence-corrected chi connectivity index (χ3v) is 3.15. The number of carboxylic acids is 1. The molecular formula is C13H9ClN4O2. The Hall–Kier alpha value is -2.47. The molecule has 0 aliphatic heterocycles. The number of nitrogens with zero attached hydrogens (tertiary/aromatic N) is 4. The Morgan fingerprint density at radius 3 is 2.80 bits per heavy atom. The second-order valence-electron chi connectivity index (χ2n) is 4.29. The van der Waals surface area contributed by atoms with Crippen LogP contribution in [0.5, 0.6) is 0 Å². The van der Waals surface area contributed by atoms with Crippen molar-refractivity contribution in [3.63, 3.8) is 0 Å². The van der Waals surface area contributed by atoms with E-state index in [-0.39, 0.29) is 10.6 Å². The largest absolute Gasteiger partial charge is 0.478 e. The number of carbonyl (C=O) groups is 1. The smallest absolute Gasteiger partial charge is 0.337 e. The number of aryl methyl sites for hydroxylation is 1. The van der Waals surface area contributed by atoms with Crippen molar-refractivity contribution in [3.8, 4) is 11.4 Å². The van der Waals surface area contributed by atoms with Gasteiger partial charge >= 0.3 is 5.97 Å². The minimum atomic E-state index is -1.06. The summed E-state index contributed by atoms with van der Waals surface area (Å²) in [6, 6.07) is 5.05. The van der Waals surface area contributed by atoms with Crippen molar-refractivity contribution in [2.75, 3.05) is 0 Å². The van der Waals surface area contributed by atoms with E-state index in [0.29, 0.717) is 11.5 Å². The molecule has 0 spiro atoms. The van der Waals surface area contributed by atoms with Crippen molar-refractivity contribution in [1.82, 2.24) is 19.6 Å². The van der Waals surface area contributed by atoms with Crippen LogP contribution >= 0.6 is 11.6 Å². The van der Waals surface area contributed by atoms with Gasteiger partial charge in [0.1, 0.15) is 0 Å². The fourth-order valence-electron chi connectivity index (χ4n) is 1.87. The lowest BCUT2D eigenvalue weighted by molar-refractivity contribution is 0.0696. The first-order valence-corrected chi connectivity index (χ1v) is 6.14. The number of hydrogen-bond acceptors (Lipinski definition) is 4. The summed E-state index contributed by atoms with van der Waals surface area (Å²) in [5.41, 5.74) is 2.10. The molecule has 0 atom stereocenters. The Morgan fingerprint density at radius 2 is 2.15 bits per heavy atom. The lowest BCUT2D eigenvalue weighted by Gasteiger charge is -2.03. The maximum Gasteiger partial charge on any atom is 0.337 e. The minimum Gasteiger partial charge on any atom is -0.478 e. The van der Waals surface area contributed by atoms with Gasteiger partial charge in [0, 0.05) is 23.7 Å². The van der Waals surface area contributed by atoms with E-state index in [4.69, 9.17) is 16.7 Å². The predicted octanol–water partition coefficient (Wildman–Crippen LogP) is 2.45. The first-order chi connectivity index (χ1) is 9.56. The van der Waals surface area contributed by atoms with E-state index in [1.165, 1.54) is 12.3 Å². The number of fused-ring (bicyclic) bond motifs is 1. The summed E-state index contributed by atoms with van der Waals surface area (Å²) < 4.78 is 1.55. The van der Waals surface area contributed by atoms with Crippen molar-refractivity contribution in [3.05, 3.63) is 46.9 Å². The Morgan fingerprint density at radius 1 is 1.35 bits per heavy atom. The highest BCUT2D eigenvalue weighted by atomic mass is 35.5. The third-order valence-electron chi connectivity index (χ3n) is 2.88. The number of pyridine rings is 2. The standard InChI is InChI=1S/C13H9ClN4O2/c1-7-2-3-8(5-15-7)11-16-17-12-10(14)4-9(13(19)20)6-18(11)12/h2-6H,1H3,(H,19,20). The van der Waals surface area contributed by atoms with Crippen molar-refractivity contribution < 1.29 is 9.90 Å². The van der Waals surface area contributed by atoms with Gasteiger partial charge in [-0.25, -0.2) is 4.79 Å². The molecule has 0 radical (unpaired) electrons. The summed E-state index contributed by atoms with van der Waals surface area (Å²) in [5.74, 6) is -0.562. The van der Waals surface area contributed by atoms with Gasteiger partial charge < -0.3 is 5.11 Å². The SMILES string of the molecule is Cc1ccc(-c2nnc3c(Cl)cc(C(=O)O)cn23)cn1. The number of halogens is 1. The van der Waals surface area contributed by atoms with Crippen LogP contribution in [0.4, 0.5) is 0 Å². The van der Waals surface area contributed by atoms with Crippen molar-refractivity contribution in [2.45, 2.75) is 6.92 Å². The second kappa shape index (κ2) is 4.57. The van der Waals surface area contributed by atoms with E-state index in [9.17, 15) is 4.79 Å². The zero-order chi connectivity index (χ0) is 14.3. The minimum absolute atomic E-state index is 0.0728. The summed E-state index contributed by atoms with van der Waals surface area (Å²) in [7, 11) is 0. The highest BCUT2D eigenvalue weighted by molar-refractivity contribution is 6.33. The number of aromatic nitrogens is 4. The van der Waals surface area contributed by atoms with Crippen LogP contribution in [0.3, 0.4) is 0 Å². The molecule has 3 aromatic rings. The summed E-state index contributed by atoms with van der Waals surface area (Å²) in [6.07, 6.45) is 3.10. The molecule has 0 aliphatic rings. The molecule has 0 aromatic carbocycles. The van der Waals surface area contributed by atoms with Crippen LogP contribution in [0.25, 0.3) is 17.0 Å². The topological polar surface area (TPSA) is 80.4 Å². The van der Waals surface area contributed by atoms with Crippen LogP contribution in [-0.2, 0) is 0 Å². The van der Waals surface area contributed by atoms with E-state index >= 15 is 0 Å². The Kier molecular flexibility index (Phi) is 2.87. The molecule has 3 heterocycles. The van der Waals surface area contributed by atoms with Gasteiger partial charge in [-0.3, -0.25) is 9.38 Å². The lowest BCUT2D eigenvalue weighted by atomic mass is 10.2. The Labute approximate surface area is 118 Å². The van der Waals surface area contributed by atoms with Gasteiger partial charge in [0.05, 0.1) is 10.6 Å². The summed E-state index contributed by atoms with van der Waals surface area (Å²) in [5, 5.41) is 17.3. The number of rotatable bonds is 2. The zero-order valence-electron chi connectivity index (χ0n) is 10.4. The lowest BCUT2D eigenvalue weighted by Crippen LogP contribution is -2.00. The van der Waals surface area contributed by atoms with Gasteiger partial charge in [-0.05, 0) is 25.1 Å². The zero-order valence-corrected chi connectivity index (χ0v) is 11.2. The van der Waals surface area contributed by atoms with Gasteiger partial charge in [0.25, 0.3) is 0 Å². The molecule has 0 amide bonds. The quantitative estimate of drug-likeness (QED) is 0.783. The van der Waals surface area contributed by atoms with Crippen molar-refractivity contribution >= 4 is 23.2 Å². The fraction of sp³-hybridized carbons (Fsp3) is 0.0769. The van der Waals surface area contributed by atoms with Crippen LogP contribution in [0, 0.1) is 6.92 Å². The fourth-order valence-corrected chi connectivity index (χ4v) is 2.11. The molecule has 0 saturated heterocycles.